The van der Waals surface area contributed by atoms with Gasteiger partial charge in [-0.15, -0.1) is 0 Å². The Bertz CT molecular complexity index is 949. The molecule has 0 fully saturated rings. The molecule has 5 heteroatoms. The lowest BCUT2D eigenvalue weighted by atomic mass is 9.91. The maximum Gasteiger partial charge on any atom is 0.303 e. The van der Waals surface area contributed by atoms with Crippen LogP contribution in [0.25, 0.3) is 10.9 Å². The van der Waals surface area contributed by atoms with Gasteiger partial charge in [0.15, 0.2) is 0 Å². The predicted octanol–water partition coefficient (Wildman–Crippen LogP) is 4.72. The van der Waals surface area contributed by atoms with Crippen LogP contribution in [0, 0.1) is 5.92 Å². The second kappa shape index (κ2) is 11.2. The third-order valence-corrected chi connectivity index (χ3v) is 5.45. The number of benzene rings is 2. The highest BCUT2D eigenvalue weighted by molar-refractivity contribution is 5.85. The van der Waals surface area contributed by atoms with Crippen molar-refractivity contribution in [1.29, 1.82) is 0 Å². The van der Waals surface area contributed by atoms with Crippen LogP contribution in [0.5, 0.6) is 0 Å². The number of carbonyl (C=O) groups is 2. The molecule has 2 aromatic carbocycles. The molecule has 0 bridgehead atoms. The molecule has 1 atom stereocenters. The number of H-pyrrole nitrogens is 1. The van der Waals surface area contributed by atoms with Gasteiger partial charge in [0, 0.05) is 36.0 Å². The topological polar surface area (TPSA) is 82.2 Å². The maximum absolute atomic E-state index is 13.0. The maximum atomic E-state index is 13.0. The Hall–Kier alpha value is -3.08. The van der Waals surface area contributed by atoms with Crippen molar-refractivity contribution in [1.82, 2.24) is 10.3 Å². The molecule has 30 heavy (non-hydrogen) atoms. The molecule has 3 aromatic rings. The van der Waals surface area contributed by atoms with Crippen LogP contribution >= 0.6 is 0 Å². The lowest BCUT2D eigenvalue weighted by Gasteiger charge is -2.17. The molecular formula is C25H30N2O3. The highest BCUT2D eigenvalue weighted by atomic mass is 16.4. The largest absolute Gasteiger partial charge is 0.481 e. The number of hydrogen-bond donors (Lipinski definition) is 3. The highest BCUT2D eigenvalue weighted by Crippen LogP contribution is 2.23. The van der Waals surface area contributed by atoms with Gasteiger partial charge in [-0.1, -0.05) is 61.4 Å². The van der Waals surface area contributed by atoms with Gasteiger partial charge in [0.1, 0.15) is 0 Å². The van der Waals surface area contributed by atoms with Gasteiger partial charge >= 0.3 is 5.97 Å². The summed E-state index contributed by atoms with van der Waals surface area (Å²) in [5.74, 6) is -0.808. The first-order valence-electron chi connectivity index (χ1n) is 10.7. The molecule has 1 amide bonds. The Morgan fingerprint density at radius 3 is 2.43 bits per heavy atom. The fourth-order valence-electron chi connectivity index (χ4n) is 3.83. The Morgan fingerprint density at radius 2 is 1.63 bits per heavy atom. The summed E-state index contributed by atoms with van der Waals surface area (Å²) >= 11 is 0. The molecule has 0 aliphatic carbocycles. The van der Waals surface area contributed by atoms with E-state index in [4.69, 9.17) is 5.11 Å². The van der Waals surface area contributed by atoms with Crippen molar-refractivity contribution in [3.63, 3.8) is 0 Å². The zero-order valence-corrected chi connectivity index (χ0v) is 17.3. The standard InChI is InChI=1S/C25H30N2O3/c28-24(29)14-6-1-2-9-15-26-25(30)20(16-19-10-4-3-5-11-19)17-21-18-27-23-13-8-7-12-22(21)23/h3-5,7-8,10-13,18,20,27H,1-2,6,9,14-17H2,(H,26,30)(H,28,29). The molecule has 158 valence electrons. The average molecular weight is 407 g/mol. The molecular weight excluding hydrogens is 376 g/mol. The number of carboxylic acids is 1. The third kappa shape index (κ3) is 6.48. The lowest BCUT2D eigenvalue weighted by molar-refractivity contribution is -0.137. The molecule has 0 radical (unpaired) electrons. The minimum atomic E-state index is -0.746. The van der Waals surface area contributed by atoms with Crippen LogP contribution in [0.15, 0.2) is 60.8 Å². The average Bonchev–Trinajstić information content (AvgIpc) is 3.16. The van der Waals surface area contributed by atoms with Crippen molar-refractivity contribution in [2.75, 3.05) is 6.54 Å². The first-order valence-corrected chi connectivity index (χ1v) is 10.7. The Morgan fingerprint density at radius 1 is 0.900 bits per heavy atom. The summed E-state index contributed by atoms with van der Waals surface area (Å²) in [5.41, 5.74) is 3.41. The van der Waals surface area contributed by atoms with Gasteiger partial charge in [-0.05, 0) is 42.9 Å². The van der Waals surface area contributed by atoms with Crippen LogP contribution in [0.4, 0.5) is 0 Å². The van der Waals surface area contributed by atoms with Crippen LogP contribution in [0.1, 0.15) is 43.2 Å². The minimum Gasteiger partial charge on any atom is -0.481 e. The summed E-state index contributed by atoms with van der Waals surface area (Å²) in [6, 6.07) is 18.3. The number of aromatic nitrogens is 1. The van der Waals surface area contributed by atoms with E-state index in [2.05, 4.69) is 34.6 Å². The van der Waals surface area contributed by atoms with Gasteiger partial charge in [0.25, 0.3) is 0 Å². The molecule has 0 spiro atoms. The molecule has 1 heterocycles. The Balaban J connectivity index is 1.58. The molecule has 3 rings (SSSR count). The molecule has 0 saturated heterocycles. The van der Waals surface area contributed by atoms with Gasteiger partial charge in [-0.25, -0.2) is 0 Å². The summed E-state index contributed by atoms with van der Waals surface area (Å²) in [7, 11) is 0. The van der Waals surface area contributed by atoms with Crippen molar-refractivity contribution in [3.05, 3.63) is 71.9 Å². The summed E-state index contributed by atoms with van der Waals surface area (Å²) in [6.45, 7) is 0.630. The SMILES string of the molecule is O=C(O)CCCCCCNC(=O)C(Cc1ccccc1)Cc1c[nH]c2ccccc12. The van der Waals surface area contributed by atoms with Crippen molar-refractivity contribution < 1.29 is 14.7 Å². The van der Waals surface area contributed by atoms with E-state index in [1.165, 1.54) is 5.39 Å². The molecule has 0 aliphatic rings. The van der Waals surface area contributed by atoms with Gasteiger partial charge in [0.05, 0.1) is 0 Å². The smallest absolute Gasteiger partial charge is 0.303 e. The van der Waals surface area contributed by atoms with E-state index in [1.54, 1.807) is 0 Å². The zero-order valence-electron chi connectivity index (χ0n) is 17.3. The zero-order chi connectivity index (χ0) is 21.2. The number of hydrogen-bond acceptors (Lipinski definition) is 2. The summed E-state index contributed by atoms with van der Waals surface area (Å²) in [5, 5.41) is 12.9. The normalized spacial score (nSPS) is 12.0. The van der Waals surface area contributed by atoms with Gasteiger partial charge in [-0.2, -0.15) is 0 Å². The first-order chi connectivity index (χ1) is 14.6. The molecule has 5 nitrogen and oxygen atoms in total. The second-order valence-corrected chi connectivity index (χ2v) is 7.80. The van der Waals surface area contributed by atoms with Crippen LogP contribution < -0.4 is 5.32 Å². The van der Waals surface area contributed by atoms with Crippen molar-refractivity contribution in [2.45, 2.75) is 44.9 Å². The number of fused-ring (bicyclic) bond motifs is 1. The van der Waals surface area contributed by atoms with E-state index in [0.29, 0.717) is 25.8 Å². The summed E-state index contributed by atoms with van der Waals surface area (Å²) in [6.07, 6.45) is 6.99. The number of nitrogens with one attached hydrogen (secondary N) is 2. The number of para-hydroxylation sites is 1. The number of aliphatic carboxylic acids is 1. The number of carbonyl (C=O) groups excluding carboxylic acids is 1. The fraction of sp³-hybridized carbons (Fsp3) is 0.360. The predicted molar refractivity (Wildman–Crippen MR) is 119 cm³/mol. The summed E-state index contributed by atoms with van der Waals surface area (Å²) in [4.78, 5) is 26.8. The lowest BCUT2D eigenvalue weighted by Crippen LogP contribution is -2.33. The summed E-state index contributed by atoms with van der Waals surface area (Å²) < 4.78 is 0. The Kier molecular flexibility index (Phi) is 8.07. The highest BCUT2D eigenvalue weighted by Gasteiger charge is 2.21. The second-order valence-electron chi connectivity index (χ2n) is 7.80. The molecule has 1 aromatic heterocycles. The first kappa shape index (κ1) is 21.6. The van der Waals surface area contributed by atoms with E-state index >= 15 is 0 Å². The third-order valence-electron chi connectivity index (χ3n) is 5.45. The monoisotopic (exact) mass is 406 g/mol. The quantitative estimate of drug-likeness (QED) is 0.381. The Labute approximate surface area is 177 Å². The van der Waals surface area contributed by atoms with E-state index in [1.807, 2.05) is 36.5 Å². The van der Waals surface area contributed by atoms with Crippen LogP contribution in [-0.4, -0.2) is 28.5 Å². The van der Waals surface area contributed by atoms with E-state index in [0.717, 1.165) is 35.9 Å². The number of amides is 1. The van der Waals surface area contributed by atoms with Crippen LogP contribution in [0.2, 0.25) is 0 Å². The van der Waals surface area contributed by atoms with Gasteiger partial charge in [-0.3, -0.25) is 9.59 Å². The van der Waals surface area contributed by atoms with Gasteiger partial charge in [0.2, 0.25) is 5.91 Å². The fourth-order valence-corrected chi connectivity index (χ4v) is 3.83. The van der Waals surface area contributed by atoms with E-state index in [-0.39, 0.29) is 18.2 Å². The van der Waals surface area contributed by atoms with E-state index < -0.39 is 5.97 Å². The number of carboxylic acid groups (broad SMARTS) is 1. The van der Waals surface area contributed by atoms with Crippen LogP contribution in [-0.2, 0) is 22.4 Å². The van der Waals surface area contributed by atoms with Crippen LogP contribution in [0.3, 0.4) is 0 Å². The van der Waals surface area contributed by atoms with Crippen molar-refractivity contribution in [2.24, 2.45) is 5.92 Å². The van der Waals surface area contributed by atoms with Crippen molar-refractivity contribution >= 4 is 22.8 Å². The molecule has 3 N–H and O–H groups in total. The van der Waals surface area contributed by atoms with Crippen molar-refractivity contribution in [3.8, 4) is 0 Å². The van der Waals surface area contributed by atoms with E-state index in [9.17, 15) is 9.59 Å². The number of rotatable bonds is 12. The number of unbranched alkanes of at least 4 members (excludes halogenated alkanes) is 3. The number of aromatic amines is 1. The minimum absolute atomic E-state index is 0.0784. The molecule has 0 aliphatic heterocycles. The van der Waals surface area contributed by atoms with Gasteiger partial charge < -0.3 is 15.4 Å². The molecule has 0 saturated carbocycles. The molecule has 1 unspecified atom stereocenters.